The molecule has 0 atom stereocenters. The molecule has 0 saturated heterocycles. The van der Waals surface area contributed by atoms with Gasteiger partial charge in [-0.15, -0.1) is 0 Å². The van der Waals surface area contributed by atoms with Crippen LogP contribution in [0.2, 0.25) is 0 Å². The first-order valence-electron chi connectivity index (χ1n) is 3.36. The van der Waals surface area contributed by atoms with Gasteiger partial charge in [0.05, 0.1) is 7.18 Å². The fourth-order valence-electron chi connectivity index (χ4n) is 0.755. The lowest BCUT2D eigenvalue weighted by Crippen LogP contribution is -1.68. The summed E-state index contributed by atoms with van der Waals surface area (Å²) in [5, 5.41) is 0. The predicted molar refractivity (Wildman–Crippen MR) is 43.7 cm³/mol. The van der Waals surface area contributed by atoms with Gasteiger partial charge in [0.1, 0.15) is 5.83 Å². The summed E-state index contributed by atoms with van der Waals surface area (Å²) in [5.74, 6) is -0.0579. The van der Waals surface area contributed by atoms with E-state index in [2.05, 4.69) is 0 Å². The van der Waals surface area contributed by atoms with Crippen molar-refractivity contribution in [1.29, 1.82) is 0 Å². The monoisotopic (exact) mass is 158 g/mol. The predicted octanol–water partition coefficient (Wildman–Crippen LogP) is 3.33. The van der Waals surface area contributed by atoms with Crippen molar-refractivity contribution in [3.8, 4) is 0 Å². The molecule has 62 valence electrons. The lowest BCUT2D eigenvalue weighted by Gasteiger charge is -1.86. The van der Waals surface area contributed by atoms with Crippen LogP contribution in [0.3, 0.4) is 0 Å². The molecule has 0 amide bonds. The normalized spacial score (nSPS) is 15.6. The SMILES string of the molecule is CC1=CC=CCC(F)=C1.CF. The number of rotatable bonds is 0. The minimum absolute atomic E-state index is 0.0579. The summed E-state index contributed by atoms with van der Waals surface area (Å²) in [6, 6.07) is 0. The number of halogens is 2. The topological polar surface area (TPSA) is 0 Å². The zero-order valence-electron chi connectivity index (χ0n) is 6.77. The molecule has 1 rings (SSSR count). The van der Waals surface area contributed by atoms with E-state index >= 15 is 0 Å². The highest BCUT2D eigenvalue weighted by Gasteiger charge is 1.93. The summed E-state index contributed by atoms with van der Waals surface area (Å²) in [5.41, 5.74) is 0.973. The quantitative estimate of drug-likeness (QED) is 0.507. The van der Waals surface area contributed by atoms with Gasteiger partial charge in [-0.3, -0.25) is 4.39 Å². The van der Waals surface area contributed by atoms with Gasteiger partial charge in [0.25, 0.3) is 0 Å². The number of allylic oxidation sites excluding steroid dienone is 6. The Labute approximate surface area is 65.9 Å². The fraction of sp³-hybridized carbons (Fsp3) is 0.333. The van der Waals surface area contributed by atoms with Gasteiger partial charge >= 0.3 is 0 Å². The van der Waals surface area contributed by atoms with Crippen molar-refractivity contribution < 1.29 is 8.78 Å². The van der Waals surface area contributed by atoms with Crippen LogP contribution >= 0.6 is 0 Å². The maximum absolute atomic E-state index is 12.5. The average molecular weight is 158 g/mol. The van der Waals surface area contributed by atoms with Crippen LogP contribution in [0.4, 0.5) is 8.78 Å². The van der Waals surface area contributed by atoms with E-state index in [0.717, 1.165) is 5.57 Å². The molecule has 0 unspecified atom stereocenters. The van der Waals surface area contributed by atoms with Crippen molar-refractivity contribution in [2.24, 2.45) is 0 Å². The molecule has 2 heteroatoms. The van der Waals surface area contributed by atoms with Gasteiger partial charge < -0.3 is 0 Å². The zero-order valence-corrected chi connectivity index (χ0v) is 6.77. The van der Waals surface area contributed by atoms with Crippen molar-refractivity contribution in [1.82, 2.24) is 0 Å². The summed E-state index contributed by atoms with van der Waals surface area (Å²) in [7, 11) is 0.500. The van der Waals surface area contributed by atoms with Crippen LogP contribution in [0.5, 0.6) is 0 Å². The van der Waals surface area contributed by atoms with E-state index in [0.29, 0.717) is 13.6 Å². The van der Waals surface area contributed by atoms with Gasteiger partial charge in [-0.1, -0.05) is 18.2 Å². The first-order valence-corrected chi connectivity index (χ1v) is 3.36. The zero-order chi connectivity index (χ0) is 8.69. The maximum atomic E-state index is 12.5. The summed E-state index contributed by atoms with van der Waals surface area (Å²) >= 11 is 0. The molecule has 0 N–H and O–H groups in total. The minimum atomic E-state index is -0.0579. The Bertz CT molecular complexity index is 188. The molecular weight excluding hydrogens is 146 g/mol. The molecule has 0 aliphatic heterocycles. The molecule has 0 nitrogen and oxygen atoms in total. The highest BCUT2D eigenvalue weighted by Crippen LogP contribution is 2.11. The Hall–Kier alpha value is -0.920. The number of alkyl halides is 1. The maximum Gasteiger partial charge on any atom is 0.104 e. The molecule has 0 aromatic carbocycles. The second-order valence-corrected chi connectivity index (χ2v) is 2.13. The van der Waals surface area contributed by atoms with Gasteiger partial charge in [0, 0.05) is 6.42 Å². The van der Waals surface area contributed by atoms with E-state index in [4.69, 9.17) is 0 Å². The first kappa shape index (κ1) is 10.1. The Morgan fingerprint density at radius 2 is 2.00 bits per heavy atom. The third kappa shape index (κ3) is 4.48. The molecule has 0 radical (unpaired) electrons. The van der Waals surface area contributed by atoms with Gasteiger partial charge in [-0.2, -0.15) is 0 Å². The third-order valence-corrected chi connectivity index (χ3v) is 1.19. The van der Waals surface area contributed by atoms with Gasteiger partial charge in [-0.05, 0) is 18.6 Å². The first-order chi connectivity index (χ1) is 5.29. The van der Waals surface area contributed by atoms with Crippen molar-refractivity contribution in [3.05, 3.63) is 35.7 Å². The van der Waals surface area contributed by atoms with Crippen molar-refractivity contribution in [2.75, 3.05) is 7.18 Å². The summed E-state index contributed by atoms with van der Waals surface area (Å²) in [6.45, 7) is 1.88. The van der Waals surface area contributed by atoms with E-state index in [1.807, 2.05) is 25.2 Å². The molecule has 0 bridgehead atoms. The van der Waals surface area contributed by atoms with Crippen molar-refractivity contribution >= 4 is 0 Å². The van der Waals surface area contributed by atoms with E-state index in [1.54, 1.807) is 6.08 Å². The van der Waals surface area contributed by atoms with Crippen LogP contribution < -0.4 is 0 Å². The smallest absolute Gasteiger partial charge is 0.104 e. The highest BCUT2D eigenvalue weighted by molar-refractivity contribution is 5.27. The van der Waals surface area contributed by atoms with Crippen LogP contribution in [0.1, 0.15) is 13.3 Å². The Morgan fingerprint density at radius 1 is 1.36 bits per heavy atom. The molecule has 11 heavy (non-hydrogen) atoms. The number of hydrogen-bond acceptors (Lipinski definition) is 0. The molecule has 0 aromatic heterocycles. The lowest BCUT2D eigenvalue weighted by molar-refractivity contribution is 0.617. The fourth-order valence-corrected chi connectivity index (χ4v) is 0.755. The van der Waals surface area contributed by atoms with Crippen LogP contribution in [0.15, 0.2) is 35.7 Å². The van der Waals surface area contributed by atoms with Gasteiger partial charge in [-0.25, -0.2) is 4.39 Å². The Morgan fingerprint density at radius 3 is 2.64 bits per heavy atom. The van der Waals surface area contributed by atoms with E-state index in [1.165, 1.54) is 0 Å². The van der Waals surface area contributed by atoms with Gasteiger partial charge in [0.2, 0.25) is 0 Å². The van der Waals surface area contributed by atoms with Crippen LogP contribution in [-0.4, -0.2) is 7.18 Å². The minimum Gasteiger partial charge on any atom is -0.255 e. The molecule has 0 aromatic rings. The molecular formula is C9H12F2. The molecule has 0 saturated carbocycles. The Kier molecular flexibility index (Phi) is 5.35. The highest BCUT2D eigenvalue weighted by atomic mass is 19.1. The summed E-state index contributed by atoms with van der Waals surface area (Å²) < 4.78 is 22.0. The standard InChI is InChI=1S/C8H9F.CH3F/c1-7-4-2-3-5-8(9)6-7;1-2/h2-4,6H,5H2,1H3;1H3. The van der Waals surface area contributed by atoms with Crippen molar-refractivity contribution in [3.63, 3.8) is 0 Å². The third-order valence-electron chi connectivity index (χ3n) is 1.19. The van der Waals surface area contributed by atoms with E-state index in [-0.39, 0.29) is 5.83 Å². The second-order valence-electron chi connectivity index (χ2n) is 2.13. The lowest BCUT2D eigenvalue weighted by atomic mass is 10.2. The van der Waals surface area contributed by atoms with Crippen molar-refractivity contribution in [2.45, 2.75) is 13.3 Å². The van der Waals surface area contributed by atoms with E-state index < -0.39 is 0 Å². The average Bonchev–Trinajstić information content (AvgIpc) is 2.18. The molecule has 0 fully saturated rings. The largest absolute Gasteiger partial charge is 0.255 e. The number of hydrogen-bond donors (Lipinski definition) is 0. The van der Waals surface area contributed by atoms with E-state index in [9.17, 15) is 8.78 Å². The second kappa shape index (κ2) is 5.83. The van der Waals surface area contributed by atoms with Crippen LogP contribution in [-0.2, 0) is 0 Å². The molecule has 0 heterocycles. The molecule has 1 aliphatic rings. The summed E-state index contributed by atoms with van der Waals surface area (Å²) in [6.07, 6.45) is 7.57. The Balaban J connectivity index is 0.000000461. The van der Waals surface area contributed by atoms with Gasteiger partial charge in [0.15, 0.2) is 0 Å². The van der Waals surface area contributed by atoms with Crippen LogP contribution in [0.25, 0.3) is 0 Å². The molecule has 0 spiro atoms. The van der Waals surface area contributed by atoms with Crippen LogP contribution in [0, 0.1) is 0 Å². The molecule has 1 aliphatic carbocycles. The summed E-state index contributed by atoms with van der Waals surface area (Å²) in [4.78, 5) is 0.